The molecule has 1 amide bonds. The molecule has 4 heteroatoms. The zero-order chi connectivity index (χ0) is 14.2. The Morgan fingerprint density at radius 1 is 1.42 bits per heavy atom. The van der Waals surface area contributed by atoms with E-state index < -0.39 is 5.60 Å². The van der Waals surface area contributed by atoms with E-state index in [0.717, 1.165) is 17.7 Å². The van der Waals surface area contributed by atoms with E-state index in [0.29, 0.717) is 6.54 Å². The van der Waals surface area contributed by atoms with Crippen molar-refractivity contribution in [1.82, 2.24) is 0 Å². The molecular weight excluding hydrogens is 240 g/mol. The van der Waals surface area contributed by atoms with Gasteiger partial charge in [0.05, 0.1) is 5.69 Å². The minimum absolute atomic E-state index is 0.0199. The van der Waals surface area contributed by atoms with Crippen molar-refractivity contribution in [3.63, 3.8) is 0 Å². The summed E-state index contributed by atoms with van der Waals surface area (Å²) in [7, 11) is 0. The molecule has 2 rings (SSSR count). The summed E-state index contributed by atoms with van der Waals surface area (Å²) >= 11 is 0. The monoisotopic (exact) mass is 262 g/mol. The number of nitrogens with two attached hydrogens (primary N) is 1. The third-order valence-corrected chi connectivity index (χ3v) is 3.17. The Balaban J connectivity index is 2.28. The Morgan fingerprint density at radius 2 is 2.11 bits per heavy atom. The first-order valence-electron chi connectivity index (χ1n) is 6.67. The third kappa shape index (κ3) is 2.89. The number of benzene rings is 1. The lowest BCUT2D eigenvalue weighted by atomic mass is 10.00. The van der Waals surface area contributed by atoms with Crippen molar-refractivity contribution < 1.29 is 9.53 Å². The van der Waals surface area contributed by atoms with Crippen LogP contribution in [0.15, 0.2) is 18.2 Å². The van der Waals surface area contributed by atoms with E-state index in [2.05, 4.69) is 0 Å². The van der Waals surface area contributed by atoms with E-state index in [-0.39, 0.29) is 12.1 Å². The smallest absolute Gasteiger partial charge is 0.414 e. The van der Waals surface area contributed by atoms with E-state index in [1.165, 1.54) is 5.56 Å². The summed E-state index contributed by atoms with van der Waals surface area (Å²) in [4.78, 5) is 13.9. The van der Waals surface area contributed by atoms with Gasteiger partial charge in [0.1, 0.15) is 5.60 Å². The molecule has 0 aliphatic carbocycles. The molecule has 0 saturated heterocycles. The highest BCUT2D eigenvalue weighted by Crippen LogP contribution is 2.33. The van der Waals surface area contributed by atoms with E-state index in [4.69, 9.17) is 10.5 Å². The number of amides is 1. The summed E-state index contributed by atoms with van der Waals surface area (Å²) in [6.45, 7) is 8.25. The number of rotatable bonds is 1. The molecule has 1 aliphatic heterocycles. The molecule has 1 heterocycles. The van der Waals surface area contributed by atoms with Gasteiger partial charge in [-0.25, -0.2) is 4.79 Å². The SMILES string of the molecule is CC(N)c1cccc2c1CCN2C(=O)OC(C)(C)C. The fourth-order valence-corrected chi connectivity index (χ4v) is 2.39. The van der Waals surface area contributed by atoms with Gasteiger partial charge in [-0.15, -0.1) is 0 Å². The minimum Gasteiger partial charge on any atom is -0.443 e. The van der Waals surface area contributed by atoms with Crippen LogP contribution in [-0.4, -0.2) is 18.2 Å². The molecule has 1 aromatic carbocycles. The van der Waals surface area contributed by atoms with Gasteiger partial charge in [0.15, 0.2) is 0 Å². The van der Waals surface area contributed by atoms with Crippen LogP contribution >= 0.6 is 0 Å². The van der Waals surface area contributed by atoms with Crippen LogP contribution in [0.5, 0.6) is 0 Å². The van der Waals surface area contributed by atoms with Gasteiger partial charge in [0.2, 0.25) is 0 Å². The van der Waals surface area contributed by atoms with Crippen LogP contribution in [-0.2, 0) is 11.2 Å². The second-order valence-electron chi connectivity index (χ2n) is 6.02. The highest BCUT2D eigenvalue weighted by Gasteiger charge is 2.30. The van der Waals surface area contributed by atoms with Gasteiger partial charge in [-0.3, -0.25) is 4.90 Å². The van der Waals surface area contributed by atoms with Crippen molar-refractivity contribution in [2.75, 3.05) is 11.4 Å². The molecule has 0 saturated carbocycles. The largest absolute Gasteiger partial charge is 0.443 e. The molecule has 4 nitrogen and oxygen atoms in total. The number of hydrogen-bond donors (Lipinski definition) is 1. The average Bonchev–Trinajstić information content (AvgIpc) is 2.69. The predicted molar refractivity (Wildman–Crippen MR) is 76.3 cm³/mol. The Kier molecular flexibility index (Phi) is 3.54. The quantitative estimate of drug-likeness (QED) is 0.846. The Bertz CT molecular complexity index is 489. The van der Waals surface area contributed by atoms with E-state index in [1.807, 2.05) is 45.9 Å². The van der Waals surface area contributed by atoms with Gasteiger partial charge in [-0.1, -0.05) is 12.1 Å². The van der Waals surface area contributed by atoms with Gasteiger partial charge < -0.3 is 10.5 Å². The predicted octanol–water partition coefficient (Wildman–Crippen LogP) is 3.00. The summed E-state index contributed by atoms with van der Waals surface area (Å²) < 4.78 is 5.43. The number of hydrogen-bond acceptors (Lipinski definition) is 3. The van der Waals surface area contributed by atoms with Crippen LogP contribution in [0.1, 0.15) is 44.9 Å². The van der Waals surface area contributed by atoms with Crippen molar-refractivity contribution in [3.8, 4) is 0 Å². The van der Waals surface area contributed by atoms with Gasteiger partial charge in [0.25, 0.3) is 0 Å². The summed E-state index contributed by atoms with van der Waals surface area (Å²) in [6, 6.07) is 5.91. The topological polar surface area (TPSA) is 55.6 Å². The maximum absolute atomic E-state index is 12.2. The van der Waals surface area contributed by atoms with E-state index in [1.54, 1.807) is 4.90 Å². The van der Waals surface area contributed by atoms with Crippen LogP contribution in [0.25, 0.3) is 0 Å². The molecule has 1 atom stereocenters. The first-order chi connectivity index (χ1) is 8.79. The fraction of sp³-hybridized carbons (Fsp3) is 0.533. The molecule has 0 fully saturated rings. The van der Waals surface area contributed by atoms with Crippen molar-refractivity contribution in [2.24, 2.45) is 5.73 Å². The molecule has 104 valence electrons. The first kappa shape index (κ1) is 13.9. The van der Waals surface area contributed by atoms with Crippen LogP contribution in [0.2, 0.25) is 0 Å². The molecule has 2 N–H and O–H groups in total. The second-order valence-corrected chi connectivity index (χ2v) is 6.02. The second kappa shape index (κ2) is 4.85. The Morgan fingerprint density at radius 3 is 2.68 bits per heavy atom. The molecule has 0 aromatic heterocycles. The standard InChI is InChI=1S/C15H22N2O2/c1-10(16)11-6-5-7-13-12(11)8-9-17(13)14(18)19-15(2,3)4/h5-7,10H,8-9,16H2,1-4H3. The lowest BCUT2D eigenvalue weighted by Crippen LogP contribution is -2.35. The maximum atomic E-state index is 12.2. The molecule has 19 heavy (non-hydrogen) atoms. The molecule has 0 spiro atoms. The fourth-order valence-electron chi connectivity index (χ4n) is 2.39. The molecule has 0 bridgehead atoms. The van der Waals surface area contributed by atoms with Crippen LogP contribution in [0.3, 0.4) is 0 Å². The van der Waals surface area contributed by atoms with Crippen molar-refractivity contribution >= 4 is 11.8 Å². The number of nitrogens with zero attached hydrogens (tertiary/aromatic N) is 1. The summed E-state index contributed by atoms with van der Waals surface area (Å²) in [6.07, 6.45) is 0.555. The summed E-state index contributed by atoms with van der Waals surface area (Å²) in [5.74, 6) is 0. The summed E-state index contributed by atoms with van der Waals surface area (Å²) in [5.41, 5.74) is 8.72. The van der Waals surface area contributed by atoms with Crippen molar-refractivity contribution in [3.05, 3.63) is 29.3 Å². The number of carbonyl (C=O) groups excluding carboxylic acids is 1. The highest BCUT2D eigenvalue weighted by atomic mass is 16.6. The molecule has 0 radical (unpaired) electrons. The zero-order valence-electron chi connectivity index (χ0n) is 12.1. The maximum Gasteiger partial charge on any atom is 0.414 e. The van der Waals surface area contributed by atoms with Gasteiger partial charge in [0, 0.05) is 12.6 Å². The molecule has 1 aromatic rings. The zero-order valence-corrected chi connectivity index (χ0v) is 12.1. The summed E-state index contributed by atoms with van der Waals surface area (Å²) in [5, 5.41) is 0. The van der Waals surface area contributed by atoms with Gasteiger partial charge in [-0.05, 0) is 51.3 Å². The molecular formula is C15H22N2O2. The Labute approximate surface area is 114 Å². The lowest BCUT2D eigenvalue weighted by Gasteiger charge is -2.25. The number of ether oxygens (including phenoxy) is 1. The van der Waals surface area contributed by atoms with E-state index >= 15 is 0 Å². The normalized spacial score (nSPS) is 16.2. The third-order valence-electron chi connectivity index (χ3n) is 3.17. The lowest BCUT2D eigenvalue weighted by molar-refractivity contribution is 0.0584. The highest BCUT2D eigenvalue weighted by molar-refractivity contribution is 5.91. The minimum atomic E-state index is -0.474. The first-order valence-corrected chi connectivity index (χ1v) is 6.67. The Hall–Kier alpha value is -1.55. The van der Waals surface area contributed by atoms with Crippen LogP contribution in [0, 0.1) is 0 Å². The van der Waals surface area contributed by atoms with Gasteiger partial charge in [-0.2, -0.15) is 0 Å². The van der Waals surface area contributed by atoms with E-state index in [9.17, 15) is 4.79 Å². The molecule has 1 aliphatic rings. The van der Waals surface area contributed by atoms with Crippen LogP contribution < -0.4 is 10.6 Å². The number of anilines is 1. The van der Waals surface area contributed by atoms with Crippen molar-refractivity contribution in [2.45, 2.75) is 45.8 Å². The van der Waals surface area contributed by atoms with Crippen LogP contribution in [0.4, 0.5) is 10.5 Å². The number of fused-ring (bicyclic) bond motifs is 1. The van der Waals surface area contributed by atoms with Crippen molar-refractivity contribution in [1.29, 1.82) is 0 Å². The molecule has 1 unspecified atom stereocenters. The van der Waals surface area contributed by atoms with Gasteiger partial charge >= 0.3 is 6.09 Å². The number of carbonyl (C=O) groups is 1. The average molecular weight is 262 g/mol.